The van der Waals surface area contributed by atoms with Crippen molar-refractivity contribution in [1.82, 2.24) is 10.2 Å². The van der Waals surface area contributed by atoms with Gasteiger partial charge in [0.15, 0.2) is 0 Å². The molecule has 0 heterocycles. The van der Waals surface area contributed by atoms with Gasteiger partial charge in [-0.05, 0) is 18.4 Å². The number of rotatable bonds is 6. The van der Waals surface area contributed by atoms with Gasteiger partial charge in [0.1, 0.15) is 0 Å². The molecule has 1 unspecified atom stereocenters. The number of likely N-dealkylation sites (N-methyl/N-ethyl adjacent to an activating group) is 1. The van der Waals surface area contributed by atoms with Gasteiger partial charge in [0.25, 0.3) is 0 Å². The number of nitrogens with one attached hydrogen (secondary N) is 1. The number of hydrogen-bond donors (Lipinski definition) is 1. The maximum absolute atomic E-state index is 11.6. The second-order valence-electron chi connectivity index (χ2n) is 4.35. The molecule has 0 saturated carbocycles. The van der Waals surface area contributed by atoms with Crippen LogP contribution in [-0.4, -0.2) is 37.5 Å². The van der Waals surface area contributed by atoms with Crippen LogP contribution in [0.3, 0.4) is 0 Å². The average Bonchev–Trinajstić information content (AvgIpc) is 2.38. The van der Waals surface area contributed by atoms with Gasteiger partial charge < -0.3 is 10.2 Å². The first-order chi connectivity index (χ1) is 8.15. The second kappa shape index (κ2) is 7.07. The number of hydrogen-bond acceptors (Lipinski definition) is 2. The fourth-order valence-corrected chi connectivity index (χ4v) is 1.61. The van der Waals surface area contributed by atoms with Crippen molar-refractivity contribution >= 4 is 5.91 Å². The van der Waals surface area contributed by atoms with Gasteiger partial charge in [-0.15, -0.1) is 0 Å². The van der Waals surface area contributed by atoms with Crippen LogP contribution >= 0.6 is 0 Å². The normalized spacial score (nSPS) is 12.2. The molecule has 0 aromatic heterocycles. The molecule has 0 aliphatic heterocycles. The monoisotopic (exact) mass is 234 g/mol. The molecule has 0 bridgehead atoms. The van der Waals surface area contributed by atoms with E-state index in [1.807, 2.05) is 32.2 Å². The SMILES string of the molecule is CCN(C)C(=O)CNCC(C)c1ccccc1. The van der Waals surface area contributed by atoms with Gasteiger partial charge in [-0.1, -0.05) is 37.3 Å². The Bertz CT molecular complexity index is 337. The zero-order chi connectivity index (χ0) is 12.7. The topological polar surface area (TPSA) is 32.3 Å². The largest absolute Gasteiger partial charge is 0.345 e. The van der Waals surface area contributed by atoms with Crippen LogP contribution in [0.4, 0.5) is 0 Å². The first-order valence-electron chi connectivity index (χ1n) is 6.14. The van der Waals surface area contributed by atoms with E-state index in [1.54, 1.807) is 4.90 Å². The Morgan fingerprint density at radius 3 is 2.59 bits per heavy atom. The number of carbonyl (C=O) groups excluding carboxylic acids is 1. The molecule has 1 rings (SSSR count). The second-order valence-corrected chi connectivity index (χ2v) is 4.35. The molecule has 1 aromatic rings. The summed E-state index contributed by atoms with van der Waals surface area (Å²) < 4.78 is 0. The highest BCUT2D eigenvalue weighted by molar-refractivity contribution is 5.77. The van der Waals surface area contributed by atoms with Gasteiger partial charge in [-0.2, -0.15) is 0 Å². The third kappa shape index (κ3) is 4.57. The molecule has 17 heavy (non-hydrogen) atoms. The van der Waals surface area contributed by atoms with E-state index in [2.05, 4.69) is 24.4 Å². The van der Waals surface area contributed by atoms with Gasteiger partial charge in [-0.25, -0.2) is 0 Å². The maximum Gasteiger partial charge on any atom is 0.236 e. The molecule has 0 aliphatic rings. The Morgan fingerprint density at radius 1 is 1.35 bits per heavy atom. The molecule has 3 heteroatoms. The van der Waals surface area contributed by atoms with Crippen LogP contribution in [0, 0.1) is 0 Å². The summed E-state index contributed by atoms with van der Waals surface area (Å²) in [5.41, 5.74) is 1.30. The first-order valence-corrected chi connectivity index (χ1v) is 6.14. The highest BCUT2D eigenvalue weighted by atomic mass is 16.2. The smallest absolute Gasteiger partial charge is 0.236 e. The van der Waals surface area contributed by atoms with Crippen LogP contribution < -0.4 is 5.32 Å². The Hall–Kier alpha value is -1.35. The zero-order valence-electron chi connectivity index (χ0n) is 10.9. The predicted octanol–water partition coefficient (Wildman–Crippen LogP) is 1.86. The third-order valence-corrected chi connectivity index (χ3v) is 3.00. The molecule has 1 amide bonds. The summed E-state index contributed by atoms with van der Waals surface area (Å²) in [5.74, 6) is 0.573. The van der Waals surface area contributed by atoms with E-state index >= 15 is 0 Å². The minimum Gasteiger partial charge on any atom is -0.345 e. The molecule has 0 spiro atoms. The third-order valence-electron chi connectivity index (χ3n) is 3.00. The molecular formula is C14H22N2O. The number of nitrogens with zero attached hydrogens (tertiary/aromatic N) is 1. The molecule has 1 aromatic carbocycles. The van der Waals surface area contributed by atoms with Crippen molar-refractivity contribution in [2.75, 3.05) is 26.7 Å². The molecule has 94 valence electrons. The molecule has 1 atom stereocenters. The van der Waals surface area contributed by atoms with Gasteiger partial charge in [0, 0.05) is 20.1 Å². The van der Waals surface area contributed by atoms with E-state index in [1.165, 1.54) is 5.56 Å². The predicted molar refractivity (Wildman–Crippen MR) is 71.0 cm³/mol. The summed E-state index contributed by atoms with van der Waals surface area (Å²) >= 11 is 0. The standard InChI is InChI=1S/C14H22N2O/c1-4-16(3)14(17)11-15-10-12(2)13-8-6-5-7-9-13/h5-9,12,15H,4,10-11H2,1-3H3. The van der Waals surface area contributed by atoms with Crippen molar-refractivity contribution < 1.29 is 4.79 Å². The number of carbonyl (C=O) groups is 1. The average molecular weight is 234 g/mol. The van der Waals surface area contributed by atoms with Crippen LogP contribution in [0.1, 0.15) is 25.3 Å². The lowest BCUT2D eigenvalue weighted by atomic mass is 10.0. The van der Waals surface area contributed by atoms with E-state index < -0.39 is 0 Å². The van der Waals surface area contributed by atoms with E-state index in [-0.39, 0.29) is 5.91 Å². The van der Waals surface area contributed by atoms with Crippen molar-refractivity contribution in [2.24, 2.45) is 0 Å². The molecule has 0 aliphatic carbocycles. The highest BCUT2D eigenvalue weighted by Gasteiger charge is 2.08. The quantitative estimate of drug-likeness (QED) is 0.815. The molecule has 3 nitrogen and oxygen atoms in total. The van der Waals surface area contributed by atoms with Crippen molar-refractivity contribution in [3.8, 4) is 0 Å². The molecule has 1 N–H and O–H groups in total. The van der Waals surface area contributed by atoms with E-state index in [4.69, 9.17) is 0 Å². The minimum absolute atomic E-state index is 0.146. The lowest BCUT2D eigenvalue weighted by Gasteiger charge is -2.16. The Labute approximate surface area is 104 Å². The summed E-state index contributed by atoms with van der Waals surface area (Å²) in [6, 6.07) is 10.3. The van der Waals surface area contributed by atoms with E-state index in [9.17, 15) is 4.79 Å². The fraction of sp³-hybridized carbons (Fsp3) is 0.500. The summed E-state index contributed by atoms with van der Waals surface area (Å²) in [6.07, 6.45) is 0. The number of amides is 1. The Kier molecular flexibility index (Phi) is 5.70. The van der Waals surface area contributed by atoms with Gasteiger partial charge in [0.05, 0.1) is 6.54 Å². The fourth-order valence-electron chi connectivity index (χ4n) is 1.61. The minimum atomic E-state index is 0.146. The maximum atomic E-state index is 11.6. The lowest BCUT2D eigenvalue weighted by molar-refractivity contribution is -0.128. The molecule has 0 fully saturated rings. The Balaban J connectivity index is 2.30. The summed E-state index contributed by atoms with van der Waals surface area (Å²) in [5, 5.41) is 3.21. The molecular weight excluding hydrogens is 212 g/mol. The van der Waals surface area contributed by atoms with Gasteiger partial charge in [-0.3, -0.25) is 4.79 Å². The van der Waals surface area contributed by atoms with E-state index in [0.29, 0.717) is 12.5 Å². The lowest BCUT2D eigenvalue weighted by Crippen LogP contribution is -2.36. The van der Waals surface area contributed by atoms with Crippen molar-refractivity contribution in [3.05, 3.63) is 35.9 Å². The van der Waals surface area contributed by atoms with Gasteiger partial charge in [0.2, 0.25) is 5.91 Å². The summed E-state index contributed by atoms with van der Waals surface area (Å²) in [6.45, 7) is 6.14. The van der Waals surface area contributed by atoms with Crippen LogP contribution in [-0.2, 0) is 4.79 Å². The first kappa shape index (κ1) is 13.7. The summed E-state index contributed by atoms with van der Waals surface area (Å²) in [4.78, 5) is 13.3. The Morgan fingerprint density at radius 2 is 2.00 bits per heavy atom. The summed E-state index contributed by atoms with van der Waals surface area (Å²) in [7, 11) is 1.82. The highest BCUT2D eigenvalue weighted by Crippen LogP contribution is 2.12. The van der Waals surface area contributed by atoms with Crippen LogP contribution in [0.25, 0.3) is 0 Å². The number of benzene rings is 1. The van der Waals surface area contributed by atoms with Crippen molar-refractivity contribution in [3.63, 3.8) is 0 Å². The molecule has 0 radical (unpaired) electrons. The van der Waals surface area contributed by atoms with Crippen LogP contribution in [0.2, 0.25) is 0 Å². The van der Waals surface area contributed by atoms with Crippen molar-refractivity contribution in [1.29, 1.82) is 0 Å². The molecule has 0 saturated heterocycles. The van der Waals surface area contributed by atoms with Crippen LogP contribution in [0.15, 0.2) is 30.3 Å². The van der Waals surface area contributed by atoms with Crippen molar-refractivity contribution in [2.45, 2.75) is 19.8 Å². The zero-order valence-corrected chi connectivity index (χ0v) is 10.9. The van der Waals surface area contributed by atoms with E-state index in [0.717, 1.165) is 13.1 Å². The van der Waals surface area contributed by atoms with Gasteiger partial charge >= 0.3 is 0 Å². The van der Waals surface area contributed by atoms with Crippen LogP contribution in [0.5, 0.6) is 0 Å².